The van der Waals surface area contributed by atoms with Crippen LogP contribution in [0.1, 0.15) is 19.4 Å². The molecule has 0 saturated carbocycles. The van der Waals surface area contributed by atoms with Crippen LogP contribution < -0.4 is 4.74 Å². The minimum Gasteiger partial charge on any atom is -0.507 e. The van der Waals surface area contributed by atoms with Crippen LogP contribution in [-0.4, -0.2) is 34.2 Å². The number of likely N-dealkylation sites (N-methyl/N-ethyl adjacent to an activating group) is 1. The number of aromatic hydroxyl groups is 1. The van der Waals surface area contributed by atoms with Crippen molar-refractivity contribution >= 4 is 57.2 Å². The molecular weight excluding hydrogens is 475 g/mol. The van der Waals surface area contributed by atoms with Gasteiger partial charge < -0.3 is 9.84 Å². The van der Waals surface area contributed by atoms with E-state index in [0.29, 0.717) is 23.2 Å². The number of rotatable bonds is 5. The lowest BCUT2D eigenvalue weighted by Crippen LogP contribution is -2.28. The monoisotopic (exact) mass is 494 g/mol. The summed E-state index contributed by atoms with van der Waals surface area (Å²) in [5, 5.41) is 10.3. The number of ether oxygens (including phenoxy) is 1. The SMILES string of the molecule is CCOc1ccc(N=C2S/C(=C/c3ccc(O)c(I)c3)C(=O)N2CC)cc1. The number of amidine groups is 1. The number of halogens is 1. The summed E-state index contributed by atoms with van der Waals surface area (Å²) in [4.78, 5) is 19.6. The van der Waals surface area contributed by atoms with E-state index >= 15 is 0 Å². The predicted molar refractivity (Wildman–Crippen MR) is 118 cm³/mol. The zero-order valence-electron chi connectivity index (χ0n) is 15.0. The lowest BCUT2D eigenvalue weighted by atomic mass is 10.2. The second kappa shape index (κ2) is 8.79. The van der Waals surface area contributed by atoms with Gasteiger partial charge in [0.15, 0.2) is 5.17 Å². The summed E-state index contributed by atoms with van der Waals surface area (Å²) < 4.78 is 6.19. The van der Waals surface area contributed by atoms with Gasteiger partial charge in [0.25, 0.3) is 5.91 Å². The molecule has 1 N–H and O–H groups in total. The summed E-state index contributed by atoms with van der Waals surface area (Å²) >= 11 is 3.42. The van der Waals surface area contributed by atoms with Gasteiger partial charge in [-0.05, 0) is 96.2 Å². The van der Waals surface area contributed by atoms with Crippen molar-refractivity contribution in [1.29, 1.82) is 0 Å². The number of aliphatic imine (C=N–C) groups is 1. The molecule has 1 fully saturated rings. The van der Waals surface area contributed by atoms with Crippen LogP contribution in [0.4, 0.5) is 5.69 Å². The van der Waals surface area contributed by atoms with Crippen molar-refractivity contribution in [2.24, 2.45) is 4.99 Å². The highest BCUT2D eigenvalue weighted by Gasteiger charge is 2.32. The Kier molecular flexibility index (Phi) is 6.43. The van der Waals surface area contributed by atoms with Crippen LogP contribution in [0.15, 0.2) is 52.4 Å². The van der Waals surface area contributed by atoms with Crippen molar-refractivity contribution in [3.8, 4) is 11.5 Å². The minimum atomic E-state index is -0.0599. The van der Waals surface area contributed by atoms with Crippen molar-refractivity contribution in [2.45, 2.75) is 13.8 Å². The summed E-state index contributed by atoms with van der Waals surface area (Å²) in [5.41, 5.74) is 1.64. The number of hydrogen-bond acceptors (Lipinski definition) is 5. The molecule has 1 aliphatic heterocycles. The van der Waals surface area contributed by atoms with Crippen LogP contribution in [0, 0.1) is 3.57 Å². The first kappa shape index (κ1) is 19.8. The van der Waals surface area contributed by atoms with Gasteiger partial charge in [0.05, 0.1) is 20.8 Å². The smallest absolute Gasteiger partial charge is 0.266 e. The number of carbonyl (C=O) groups is 1. The van der Waals surface area contributed by atoms with Crippen molar-refractivity contribution in [3.05, 3.63) is 56.5 Å². The second-order valence-corrected chi connectivity index (χ2v) is 7.86. The van der Waals surface area contributed by atoms with Crippen molar-refractivity contribution in [3.63, 3.8) is 0 Å². The first-order valence-corrected chi connectivity index (χ1v) is 10.4. The molecule has 0 unspecified atom stereocenters. The van der Waals surface area contributed by atoms with Gasteiger partial charge in [0.1, 0.15) is 11.5 Å². The highest BCUT2D eigenvalue weighted by Crippen LogP contribution is 2.34. The lowest BCUT2D eigenvalue weighted by molar-refractivity contribution is -0.122. The van der Waals surface area contributed by atoms with Crippen LogP contribution in [0.5, 0.6) is 11.5 Å². The summed E-state index contributed by atoms with van der Waals surface area (Å²) in [7, 11) is 0. The first-order valence-electron chi connectivity index (χ1n) is 8.53. The van der Waals surface area contributed by atoms with E-state index in [1.165, 1.54) is 11.8 Å². The Balaban J connectivity index is 1.87. The Morgan fingerprint density at radius 1 is 1.22 bits per heavy atom. The van der Waals surface area contributed by atoms with E-state index in [2.05, 4.69) is 27.6 Å². The second-order valence-electron chi connectivity index (χ2n) is 5.69. The Labute approximate surface area is 176 Å². The van der Waals surface area contributed by atoms with Crippen LogP contribution >= 0.6 is 34.4 Å². The molecule has 1 heterocycles. The average Bonchev–Trinajstić information content (AvgIpc) is 2.94. The van der Waals surface area contributed by atoms with Crippen molar-refractivity contribution < 1.29 is 14.6 Å². The highest BCUT2D eigenvalue weighted by atomic mass is 127. The van der Waals surface area contributed by atoms with Gasteiger partial charge in [-0.3, -0.25) is 9.69 Å². The van der Waals surface area contributed by atoms with Crippen LogP contribution in [-0.2, 0) is 4.79 Å². The number of carbonyl (C=O) groups excluding carboxylic acids is 1. The zero-order chi connectivity index (χ0) is 19.4. The number of phenolic OH excluding ortho intramolecular Hbond substituents is 1. The van der Waals surface area contributed by atoms with Gasteiger partial charge in [-0.25, -0.2) is 4.99 Å². The van der Waals surface area contributed by atoms with Gasteiger partial charge in [0, 0.05) is 6.54 Å². The largest absolute Gasteiger partial charge is 0.507 e. The molecule has 140 valence electrons. The molecule has 5 nitrogen and oxygen atoms in total. The molecule has 2 aromatic carbocycles. The number of nitrogens with zero attached hydrogens (tertiary/aromatic N) is 2. The number of amides is 1. The van der Waals surface area contributed by atoms with Crippen molar-refractivity contribution in [2.75, 3.05) is 13.2 Å². The molecule has 1 amide bonds. The molecule has 0 radical (unpaired) electrons. The Morgan fingerprint density at radius 3 is 2.59 bits per heavy atom. The van der Waals surface area contributed by atoms with Crippen molar-refractivity contribution in [1.82, 2.24) is 4.90 Å². The molecule has 3 rings (SSSR count). The average molecular weight is 494 g/mol. The van der Waals surface area contributed by atoms with Gasteiger partial charge >= 0.3 is 0 Å². The highest BCUT2D eigenvalue weighted by molar-refractivity contribution is 14.1. The normalized spacial score (nSPS) is 17.1. The van der Waals surface area contributed by atoms with E-state index in [0.717, 1.165) is 20.6 Å². The van der Waals surface area contributed by atoms with E-state index in [4.69, 9.17) is 4.74 Å². The van der Waals surface area contributed by atoms with Gasteiger partial charge in [-0.2, -0.15) is 0 Å². The molecule has 0 aromatic heterocycles. The third-order valence-corrected chi connectivity index (χ3v) is 5.72. The number of phenols is 1. The van der Waals surface area contributed by atoms with E-state index in [-0.39, 0.29) is 11.7 Å². The zero-order valence-corrected chi connectivity index (χ0v) is 18.0. The maximum Gasteiger partial charge on any atom is 0.266 e. The van der Waals surface area contributed by atoms with Crippen LogP contribution in [0.25, 0.3) is 6.08 Å². The first-order chi connectivity index (χ1) is 13.0. The molecule has 7 heteroatoms. The number of benzene rings is 2. The fourth-order valence-corrected chi connectivity index (χ4v) is 4.13. The summed E-state index contributed by atoms with van der Waals surface area (Å²) in [6, 6.07) is 12.8. The summed E-state index contributed by atoms with van der Waals surface area (Å²) in [6.45, 7) is 5.04. The Hall–Kier alpha value is -2.00. The number of thioether (sulfide) groups is 1. The van der Waals surface area contributed by atoms with Gasteiger partial charge in [-0.15, -0.1) is 0 Å². The Morgan fingerprint density at radius 2 is 1.96 bits per heavy atom. The Bertz CT molecular complexity index is 910. The maximum absolute atomic E-state index is 12.7. The quantitative estimate of drug-likeness (QED) is 0.469. The minimum absolute atomic E-state index is 0.0599. The molecule has 0 spiro atoms. The topological polar surface area (TPSA) is 62.1 Å². The predicted octanol–water partition coefficient (Wildman–Crippen LogP) is 5.02. The van der Waals surface area contributed by atoms with E-state index in [9.17, 15) is 9.90 Å². The van der Waals surface area contributed by atoms with E-state index < -0.39 is 0 Å². The van der Waals surface area contributed by atoms with E-state index in [1.807, 2.05) is 50.3 Å². The maximum atomic E-state index is 12.7. The van der Waals surface area contributed by atoms with Crippen LogP contribution in [0.3, 0.4) is 0 Å². The fourth-order valence-electron chi connectivity index (χ4n) is 2.53. The fraction of sp³-hybridized carbons (Fsp3) is 0.200. The third-order valence-electron chi connectivity index (χ3n) is 3.85. The molecule has 1 aliphatic rings. The number of hydrogen-bond donors (Lipinski definition) is 1. The molecule has 27 heavy (non-hydrogen) atoms. The van der Waals surface area contributed by atoms with Gasteiger partial charge in [-0.1, -0.05) is 6.07 Å². The third kappa shape index (κ3) is 4.65. The summed E-state index contributed by atoms with van der Waals surface area (Å²) in [6.07, 6.45) is 1.83. The van der Waals surface area contributed by atoms with Crippen LogP contribution in [0.2, 0.25) is 0 Å². The lowest BCUT2D eigenvalue weighted by Gasteiger charge is -2.12. The van der Waals surface area contributed by atoms with E-state index in [1.54, 1.807) is 17.0 Å². The molecule has 0 bridgehead atoms. The molecular formula is C20H19IN2O3S. The molecule has 0 aliphatic carbocycles. The molecule has 0 atom stereocenters. The van der Waals surface area contributed by atoms with Gasteiger partial charge in [0.2, 0.25) is 0 Å². The molecule has 1 saturated heterocycles. The standard InChI is InChI=1S/C20H19IN2O3S/c1-3-23-19(25)18(12-13-5-10-17(24)16(21)11-13)27-20(23)22-14-6-8-15(9-7-14)26-4-2/h5-12,24H,3-4H2,1-2H3/b18-12+,22-20?. The summed E-state index contributed by atoms with van der Waals surface area (Å²) in [5.74, 6) is 0.970. The molecule has 2 aromatic rings.